The highest BCUT2D eigenvalue weighted by molar-refractivity contribution is 6.06. The van der Waals surface area contributed by atoms with Gasteiger partial charge in [-0.05, 0) is 46.6 Å². The number of amides is 3. The predicted molar refractivity (Wildman–Crippen MR) is 79.9 cm³/mol. The second-order valence-corrected chi connectivity index (χ2v) is 7.26. The Hall–Kier alpha value is -1.14. The molecule has 3 rings (SSSR count). The number of nitrogens with one attached hydrogen (secondary N) is 2. The second kappa shape index (κ2) is 5.25. The fraction of sp³-hybridized carbons (Fsp3) is 0.867. The number of urea groups is 1. The zero-order valence-corrected chi connectivity index (χ0v) is 13.2. The molecule has 3 heterocycles. The molecule has 0 aromatic heterocycles. The van der Waals surface area contributed by atoms with Crippen LogP contribution in [0.25, 0.3) is 0 Å². The van der Waals surface area contributed by atoms with Gasteiger partial charge in [0.2, 0.25) is 0 Å². The van der Waals surface area contributed by atoms with E-state index in [2.05, 4.69) is 22.6 Å². The summed E-state index contributed by atoms with van der Waals surface area (Å²) < 4.78 is 0. The van der Waals surface area contributed by atoms with Crippen LogP contribution in [0.2, 0.25) is 0 Å². The zero-order valence-electron chi connectivity index (χ0n) is 13.2. The van der Waals surface area contributed by atoms with Crippen LogP contribution in [0.4, 0.5) is 4.79 Å². The Morgan fingerprint density at radius 2 is 1.86 bits per heavy atom. The van der Waals surface area contributed by atoms with E-state index in [9.17, 15) is 9.59 Å². The number of imide groups is 1. The van der Waals surface area contributed by atoms with Gasteiger partial charge in [0.15, 0.2) is 0 Å². The van der Waals surface area contributed by atoms with E-state index in [4.69, 9.17) is 0 Å². The normalized spacial score (nSPS) is 34.7. The largest absolute Gasteiger partial charge is 0.325 e. The zero-order chi connectivity index (χ0) is 15.2. The summed E-state index contributed by atoms with van der Waals surface area (Å²) in [7, 11) is 2.11. The van der Waals surface area contributed by atoms with E-state index in [-0.39, 0.29) is 11.9 Å². The standard InChI is InChI=1S/C15H26N4O2/c1-15(2)13(20)19(14(21)17-15)7-6-18(3)12-8-10-4-5-11(9-12)16-10/h10-12,16H,4-9H2,1-3H3,(H,17,21). The molecule has 3 saturated heterocycles. The van der Waals surface area contributed by atoms with Gasteiger partial charge >= 0.3 is 6.03 Å². The highest BCUT2D eigenvalue weighted by atomic mass is 16.2. The smallest absolute Gasteiger partial charge is 0.324 e. The summed E-state index contributed by atoms with van der Waals surface area (Å²) in [5, 5.41) is 6.37. The topological polar surface area (TPSA) is 64.7 Å². The molecular formula is C15H26N4O2. The van der Waals surface area contributed by atoms with Crippen molar-refractivity contribution in [3.63, 3.8) is 0 Å². The van der Waals surface area contributed by atoms with Gasteiger partial charge < -0.3 is 15.5 Å². The van der Waals surface area contributed by atoms with Crippen LogP contribution >= 0.6 is 0 Å². The quantitative estimate of drug-likeness (QED) is 0.743. The maximum absolute atomic E-state index is 12.2. The molecule has 2 N–H and O–H groups in total. The van der Waals surface area contributed by atoms with E-state index in [0.717, 1.165) is 6.54 Å². The molecule has 3 fully saturated rings. The molecule has 0 aromatic rings. The van der Waals surface area contributed by atoms with Crippen molar-refractivity contribution in [2.75, 3.05) is 20.1 Å². The highest BCUT2D eigenvalue weighted by Gasteiger charge is 2.44. The van der Waals surface area contributed by atoms with Gasteiger partial charge in [0.1, 0.15) is 5.54 Å². The summed E-state index contributed by atoms with van der Waals surface area (Å²) in [6.45, 7) is 4.73. The molecule has 0 aromatic carbocycles. The minimum absolute atomic E-state index is 0.119. The molecule has 0 spiro atoms. The fourth-order valence-electron chi connectivity index (χ4n) is 3.85. The molecule has 118 valence electrons. The monoisotopic (exact) mass is 294 g/mol. The first-order valence-electron chi connectivity index (χ1n) is 7.97. The van der Waals surface area contributed by atoms with Crippen LogP contribution in [0.3, 0.4) is 0 Å². The molecule has 6 nitrogen and oxygen atoms in total. The summed E-state index contributed by atoms with van der Waals surface area (Å²) >= 11 is 0. The number of carbonyl (C=O) groups excluding carboxylic acids is 2. The van der Waals surface area contributed by atoms with Crippen molar-refractivity contribution in [3.05, 3.63) is 0 Å². The third-order valence-corrected chi connectivity index (χ3v) is 5.19. The van der Waals surface area contributed by atoms with Gasteiger partial charge in [-0.3, -0.25) is 9.69 Å². The average Bonchev–Trinajstić information content (AvgIpc) is 2.85. The van der Waals surface area contributed by atoms with E-state index in [1.54, 1.807) is 13.8 Å². The van der Waals surface area contributed by atoms with E-state index in [1.165, 1.54) is 30.6 Å². The number of likely N-dealkylation sites (N-methyl/N-ethyl adjacent to an activating group) is 1. The van der Waals surface area contributed by atoms with Crippen LogP contribution in [0.15, 0.2) is 0 Å². The molecule has 2 bridgehead atoms. The van der Waals surface area contributed by atoms with Gasteiger partial charge in [0, 0.05) is 31.2 Å². The molecule has 0 radical (unpaired) electrons. The van der Waals surface area contributed by atoms with Crippen molar-refractivity contribution in [2.24, 2.45) is 0 Å². The molecule has 3 aliphatic heterocycles. The molecule has 3 amide bonds. The lowest BCUT2D eigenvalue weighted by Gasteiger charge is -2.36. The Bertz CT molecular complexity index is 439. The maximum atomic E-state index is 12.2. The van der Waals surface area contributed by atoms with Crippen LogP contribution in [0, 0.1) is 0 Å². The molecule has 0 aliphatic carbocycles. The molecule has 2 unspecified atom stereocenters. The minimum atomic E-state index is -0.760. The highest BCUT2D eigenvalue weighted by Crippen LogP contribution is 2.29. The van der Waals surface area contributed by atoms with Gasteiger partial charge in [-0.2, -0.15) is 0 Å². The van der Waals surface area contributed by atoms with Crippen molar-refractivity contribution in [1.29, 1.82) is 0 Å². The Morgan fingerprint density at radius 1 is 1.24 bits per heavy atom. The Balaban J connectivity index is 1.53. The maximum Gasteiger partial charge on any atom is 0.325 e. The number of fused-ring (bicyclic) bond motifs is 2. The fourth-order valence-corrected chi connectivity index (χ4v) is 3.85. The summed E-state index contributed by atoms with van der Waals surface area (Å²) in [5.74, 6) is -0.119. The predicted octanol–water partition coefficient (Wildman–Crippen LogP) is 0.532. The van der Waals surface area contributed by atoms with Gasteiger partial charge in [-0.1, -0.05) is 0 Å². The lowest BCUT2D eigenvalue weighted by Crippen LogP contribution is -2.49. The third kappa shape index (κ3) is 2.79. The van der Waals surface area contributed by atoms with Crippen LogP contribution in [-0.4, -0.2) is 65.5 Å². The number of rotatable bonds is 4. The van der Waals surface area contributed by atoms with Gasteiger partial charge in [0.25, 0.3) is 5.91 Å². The molecule has 6 heteroatoms. The number of carbonyl (C=O) groups is 2. The average molecular weight is 294 g/mol. The van der Waals surface area contributed by atoms with Crippen molar-refractivity contribution in [2.45, 2.75) is 63.2 Å². The second-order valence-electron chi connectivity index (χ2n) is 7.26. The third-order valence-electron chi connectivity index (χ3n) is 5.19. The minimum Gasteiger partial charge on any atom is -0.324 e. The molecule has 0 saturated carbocycles. The first kappa shape index (κ1) is 14.8. The lowest BCUT2D eigenvalue weighted by molar-refractivity contribution is -0.130. The van der Waals surface area contributed by atoms with Crippen LogP contribution in [0.1, 0.15) is 39.5 Å². The van der Waals surface area contributed by atoms with Crippen molar-refractivity contribution in [1.82, 2.24) is 20.4 Å². The van der Waals surface area contributed by atoms with Gasteiger partial charge in [-0.15, -0.1) is 0 Å². The number of hydrogen-bond donors (Lipinski definition) is 2. The number of nitrogens with zero attached hydrogens (tertiary/aromatic N) is 2. The van der Waals surface area contributed by atoms with Crippen molar-refractivity contribution < 1.29 is 9.59 Å². The summed E-state index contributed by atoms with van der Waals surface area (Å²) in [6, 6.07) is 1.63. The molecule has 21 heavy (non-hydrogen) atoms. The van der Waals surface area contributed by atoms with Crippen LogP contribution < -0.4 is 10.6 Å². The first-order chi connectivity index (χ1) is 9.87. The summed E-state index contributed by atoms with van der Waals surface area (Å²) in [6.07, 6.45) is 4.93. The van der Waals surface area contributed by atoms with Crippen LogP contribution in [0.5, 0.6) is 0 Å². The van der Waals surface area contributed by atoms with Gasteiger partial charge in [-0.25, -0.2) is 4.79 Å². The summed E-state index contributed by atoms with van der Waals surface area (Å²) in [5.41, 5.74) is -0.760. The van der Waals surface area contributed by atoms with E-state index in [0.29, 0.717) is 24.7 Å². The Kier molecular flexibility index (Phi) is 3.69. The Morgan fingerprint density at radius 3 is 2.38 bits per heavy atom. The number of piperidine rings is 1. The Labute approximate surface area is 126 Å². The summed E-state index contributed by atoms with van der Waals surface area (Å²) in [4.78, 5) is 27.7. The van der Waals surface area contributed by atoms with Crippen molar-refractivity contribution in [3.8, 4) is 0 Å². The first-order valence-corrected chi connectivity index (χ1v) is 7.97. The van der Waals surface area contributed by atoms with E-state index >= 15 is 0 Å². The SMILES string of the molecule is CN(CCN1C(=O)NC(C)(C)C1=O)C1CC2CCC(C1)N2. The molecule has 2 atom stereocenters. The van der Waals surface area contributed by atoms with E-state index in [1.807, 2.05) is 0 Å². The number of hydrogen-bond acceptors (Lipinski definition) is 4. The van der Waals surface area contributed by atoms with Crippen LogP contribution in [-0.2, 0) is 4.79 Å². The lowest BCUT2D eigenvalue weighted by atomic mass is 9.98. The van der Waals surface area contributed by atoms with E-state index < -0.39 is 5.54 Å². The molecule has 3 aliphatic rings. The van der Waals surface area contributed by atoms with Gasteiger partial charge in [0.05, 0.1) is 0 Å². The van der Waals surface area contributed by atoms with Crippen molar-refractivity contribution >= 4 is 11.9 Å². The molecular weight excluding hydrogens is 268 g/mol.